The highest BCUT2D eigenvalue weighted by Gasteiger charge is 2.48. The van der Waals surface area contributed by atoms with Crippen molar-refractivity contribution in [3.05, 3.63) is 60.1 Å². The lowest BCUT2D eigenvalue weighted by molar-refractivity contribution is -0.157. The van der Waals surface area contributed by atoms with Crippen molar-refractivity contribution in [3.63, 3.8) is 0 Å². The molecule has 3 rings (SSSR count). The molecule has 7 nitrogen and oxygen atoms in total. The first kappa shape index (κ1) is 16.8. The molecular formula is C18H18N2O5. The molecule has 1 aromatic carbocycles. The van der Waals surface area contributed by atoms with Gasteiger partial charge in [-0.1, -0.05) is 30.3 Å². The molecule has 1 heterocycles. The maximum absolute atomic E-state index is 12.4. The summed E-state index contributed by atoms with van der Waals surface area (Å²) < 4.78 is 10.7. The molecule has 3 amide bonds. The van der Waals surface area contributed by atoms with Crippen molar-refractivity contribution >= 4 is 17.9 Å². The Balaban J connectivity index is 1.71. The van der Waals surface area contributed by atoms with Gasteiger partial charge >= 0.3 is 12.0 Å². The fraction of sp³-hybridized carbons (Fsp3) is 0.278. The minimum absolute atomic E-state index is 0.0269. The van der Waals surface area contributed by atoms with Crippen molar-refractivity contribution in [1.29, 1.82) is 0 Å². The Morgan fingerprint density at radius 3 is 2.56 bits per heavy atom. The number of carbonyl (C=O) groups excluding carboxylic acids is 3. The summed E-state index contributed by atoms with van der Waals surface area (Å²) >= 11 is 0. The number of nitrogens with one attached hydrogen (secondary N) is 2. The lowest BCUT2D eigenvalue weighted by atomic mass is 10.1. The molecule has 7 heteroatoms. The number of urea groups is 1. The molecule has 25 heavy (non-hydrogen) atoms. The molecule has 0 saturated heterocycles. The molecule has 1 saturated carbocycles. The Labute approximate surface area is 144 Å². The highest BCUT2D eigenvalue weighted by atomic mass is 16.5. The predicted octanol–water partition coefficient (Wildman–Crippen LogP) is 2.12. The summed E-state index contributed by atoms with van der Waals surface area (Å²) in [6, 6.07) is 11.5. The van der Waals surface area contributed by atoms with Crippen LogP contribution in [0.25, 0.3) is 0 Å². The van der Waals surface area contributed by atoms with E-state index in [9.17, 15) is 14.4 Å². The lowest BCUT2D eigenvalue weighted by Gasteiger charge is -2.17. The number of furan rings is 1. The van der Waals surface area contributed by atoms with E-state index < -0.39 is 24.0 Å². The molecule has 1 aliphatic rings. The van der Waals surface area contributed by atoms with Crippen molar-refractivity contribution in [2.45, 2.75) is 18.4 Å². The maximum atomic E-state index is 12.4. The van der Waals surface area contributed by atoms with Gasteiger partial charge in [-0.15, -0.1) is 0 Å². The van der Waals surface area contributed by atoms with E-state index >= 15 is 0 Å². The van der Waals surface area contributed by atoms with Gasteiger partial charge in [0.05, 0.1) is 12.2 Å². The van der Waals surface area contributed by atoms with E-state index in [1.54, 1.807) is 42.7 Å². The van der Waals surface area contributed by atoms with Crippen molar-refractivity contribution in [2.75, 3.05) is 7.05 Å². The Bertz CT molecular complexity index is 757. The first-order valence-electron chi connectivity index (χ1n) is 7.91. The fourth-order valence-electron chi connectivity index (χ4n) is 2.62. The highest BCUT2D eigenvalue weighted by Crippen LogP contribution is 2.48. The van der Waals surface area contributed by atoms with Gasteiger partial charge in [-0.05, 0) is 18.6 Å². The van der Waals surface area contributed by atoms with Crippen LogP contribution in [0.1, 0.15) is 29.8 Å². The summed E-state index contributed by atoms with van der Waals surface area (Å²) in [6.45, 7) is 0. The predicted molar refractivity (Wildman–Crippen MR) is 87.4 cm³/mol. The zero-order valence-electron chi connectivity index (χ0n) is 13.6. The lowest BCUT2D eigenvalue weighted by Crippen LogP contribution is -2.41. The van der Waals surface area contributed by atoms with Gasteiger partial charge in [-0.3, -0.25) is 14.9 Å². The van der Waals surface area contributed by atoms with Crippen LogP contribution in [0.5, 0.6) is 0 Å². The summed E-state index contributed by atoms with van der Waals surface area (Å²) in [4.78, 5) is 36.1. The molecular weight excluding hydrogens is 324 g/mol. The second kappa shape index (κ2) is 7.21. The van der Waals surface area contributed by atoms with Crippen molar-refractivity contribution in [2.24, 2.45) is 5.92 Å². The van der Waals surface area contributed by atoms with Crippen LogP contribution in [0.3, 0.4) is 0 Å². The molecule has 1 aromatic heterocycles. The Hall–Kier alpha value is -3.09. The quantitative estimate of drug-likeness (QED) is 0.811. The first-order chi connectivity index (χ1) is 12.1. The number of esters is 1. The third-order valence-electron chi connectivity index (χ3n) is 4.04. The second-order valence-corrected chi connectivity index (χ2v) is 5.76. The zero-order valence-corrected chi connectivity index (χ0v) is 13.6. The minimum atomic E-state index is -1.19. The maximum Gasteiger partial charge on any atom is 0.321 e. The number of hydrogen-bond acceptors (Lipinski definition) is 5. The van der Waals surface area contributed by atoms with E-state index in [4.69, 9.17) is 9.15 Å². The third kappa shape index (κ3) is 3.88. The van der Waals surface area contributed by atoms with Gasteiger partial charge in [0.15, 0.2) is 0 Å². The molecule has 0 unspecified atom stereocenters. The van der Waals surface area contributed by atoms with Gasteiger partial charge in [-0.2, -0.15) is 0 Å². The fourth-order valence-corrected chi connectivity index (χ4v) is 2.62. The summed E-state index contributed by atoms with van der Waals surface area (Å²) in [5.74, 6) is -0.824. The second-order valence-electron chi connectivity index (χ2n) is 5.76. The van der Waals surface area contributed by atoms with E-state index in [1.165, 1.54) is 7.05 Å². The van der Waals surface area contributed by atoms with Crippen LogP contribution in [0.4, 0.5) is 4.79 Å². The van der Waals surface area contributed by atoms with Crippen LogP contribution in [-0.4, -0.2) is 25.0 Å². The summed E-state index contributed by atoms with van der Waals surface area (Å²) in [7, 11) is 1.39. The van der Waals surface area contributed by atoms with E-state index in [2.05, 4.69) is 10.6 Å². The normalized spacial score (nSPS) is 19.6. The molecule has 0 spiro atoms. The molecule has 0 radical (unpaired) electrons. The number of amides is 3. The minimum Gasteiger partial charge on any atom is -0.469 e. The Morgan fingerprint density at radius 1 is 1.16 bits per heavy atom. The number of rotatable bonds is 5. The number of carbonyl (C=O) groups is 3. The smallest absolute Gasteiger partial charge is 0.321 e. The summed E-state index contributed by atoms with van der Waals surface area (Å²) in [5.41, 5.74) is 0.493. The number of ether oxygens (including phenoxy) is 1. The standard InChI is InChI=1S/C18H18N2O5/c1-19-18(23)20-16(21)15(11-6-3-2-4-7-11)25-17(22)13-10-12(13)14-8-5-9-24-14/h2-9,12-13,15H,10H2,1H3,(H2,19,20,21,23)/t12-,13-,15-/m1/s1. The molecule has 2 aromatic rings. The van der Waals surface area contributed by atoms with E-state index in [0.717, 1.165) is 5.76 Å². The largest absolute Gasteiger partial charge is 0.469 e. The van der Waals surface area contributed by atoms with E-state index in [0.29, 0.717) is 12.0 Å². The van der Waals surface area contributed by atoms with Crippen LogP contribution in [-0.2, 0) is 14.3 Å². The highest BCUT2D eigenvalue weighted by molar-refractivity contribution is 5.97. The third-order valence-corrected chi connectivity index (χ3v) is 4.04. The van der Waals surface area contributed by atoms with Gasteiger partial charge < -0.3 is 14.5 Å². The topological polar surface area (TPSA) is 97.6 Å². The van der Waals surface area contributed by atoms with Gasteiger partial charge in [0.1, 0.15) is 5.76 Å². The molecule has 130 valence electrons. The number of imide groups is 1. The van der Waals surface area contributed by atoms with Gasteiger partial charge in [0.2, 0.25) is 6.10 Å². The number of hydrogen-bond donors (Lipinski definition) is 2. The van der Waals surface area contributed by atoms with Crippen LogP contribution < -0.4 is 10.6 Å². The van der Waals surface area contributed by atoms with E-state index in [1.807, 2.05) is 6.07 Å². The van der Waals surface area contributed by atoms with E-state index in [-0.39, 0.29) is 11.8 Å². The molecule has 0 bridgehead atoms. The van der Waals surface area contributed by atoms with Crippen molar-refractivity contribution < 1.29 is 23.5 Å². The van der Waals surface area contributed by atoms with Gasteiger partial charge in [0.25, 0.3) is 5.91 Å². The van der Waals surface area contributed by atoms with Crippen LogP contribution in [0.15, 0.2) is 53.1 Å². The zero-order chi connectivity index (χ0) is 17.8. The SMILES string of the molecule is CNC(=O)NC(=O)[C@H](OC(=O)[C@@H]1C[C@H]1c1ccco1)c1ccccc1. The van der Waals surface area contributed by atoms with Gasteiger partial charge in [-0.25, -0.2) is 4.79 Å². The molecule has 1 fully saturated rings. The monoisotopic (exact) mass is 342 g/mol. The molecule has 0 aliphatic heterocycles. The Morgan fingerprint density at radius 2 is 1.92 bits per heavy atom. The van der Waals surface area contributed by atoms with Gasteiger partial charge in [0, 0.05) is 18.5 Å². The first-order valence-corrected chi connectivity index (χ1v) is 7.91. The van der Waals surface area contributed by atoms with Crippen molar-refractivity contribution in [3.8, 4) is 0 Å². The van der Waals surface area contributed by atoms with Crippen LogP contribution >= 0.6 is 0 Å². The average Bonchev–Trinajstić information content (AvgIpc) is 3.25. The summed E-state index contributed by atoms with van der Waals surface area (Å²) in [6.07, 6.45) is 0.980. The molecule has 3 atom stereocenters. The van der Waals surface area contributed by atoms with Crippen LogP contribution in [0, 0.1) is 5.92 Å². The average molecular weight is 342 g/mol. The molecule has 2 N–H and O–H groups in total. The van der Waals surface area contributed by atoms with Crippen molar-refractivity contribution in [1.82, 2.24) is 10.6 Å². The summed E-state index contributed by atoms with van der Waals surface area (Å²) in [5, 5.41) is 4.44. The Kier molecular flexibility index (Phi) is 4.83. The van der Waals surface area contributed by atoms with Crippen LogP contribution in [0.2, 0.25) is 0 Å². The number of benzene rings is 1. The molecule has 1 aliphatic carbocycles.